The number of para-hydroxylation sites is 2. The highest BCUT2D eigenvalue weighted by molar-refractivity contribution is 5.80. The van der Waals surface area contributed by atoms with Gasteiger partial charge in [0.2, 0.25) is 5.91 Å². The first-order valence-electron chi connectivity index (χ1n) is 9.63. The third-order valence-corrected chi connectivity index (χ3v) is 6.89. The lowest BCUT2D eigenvalue weighted by molar-refractivity contribution is -0.149. The number of carbonyl (C=O) groups is 1. The summed E-state index contributed by atoms with van der Waals surface area (Å²) in [7, 11) is 0. The highest BCUT2D eigenvalue weighted by Gasteiger charge is 2.51. The topological polar surface area (TPSA) is 58.1 Å². The van der Waals surface area contributed by atoms with Gasteiger partial charge in [-0.25, -0.2) is 4.79 Å². The van der Waals surface area contributed by atoms with Crippen molar-refractivity contribution in [1.29, 1.82) is 0 Å². The van der Waals surface area contributed by atoms with Gasteiger partial charge in [0, 0.05) is 25.0 Å². The van der Waals surface area contributed by atoms with Crippen LogP contribution in [0.1, 0.15) is 51.0 Å². The van der Waals surface area contributed by atoms with E-state index in [-0.39, 0.29) is 17.6 Å². The molecule has 3 aliphatic rings. The Hall–Kier alpha value is -2.04. The van der Waals surface area contributed by atoms with Gasteiger partial charge < -0.3 is 9.88 Å². The SMILES string of the molecule is O=C(C1CC2(CCC2)C1)N1CCC(n2c(=O)[nH]c3ccccc32)CC1. The summed E-state index contributed by atoms with van der Waals surface area (Å²) in [5.74, 6) is 0.634. The summed E-state index contributed by atoms with van der Waals surface area (Å²) in [5.41, 5.74) is 2.39. The molecule has 0 radical (unpaired) electrons. The Morgan fingerprint density at radius 1 is 1.12 bits per heavy atom. The maximum Gasteiger partial charge on any atom is 0.326 e. The van der Waals surface area contributed by atoms with Crippen LogP contribution >= 0.6 is 0 Å². The van der Waals surface area contributed by atoms with E-state index in [4.69, 9.17) is 0 Å². The summed E-state index contributed by atoms with van der Waals surface area (Å²) >= 11 is 0. The van der Waals surface area contributed by atoms with Crippen LogP contribution in [-0.4, -0.2) is 33.4 Å². The number of H-pyrrole nitrogens is 1. The average Bonchev–Trinajstić information content (AvgIpc) is 2.88. The Morgan fingerprint density at radius 2 is 1.84 bits per heavy atom. The monoisotopic (exact) mass is 339 g/mol. The second-order valence-electron chi connectivity index (χ2n) is 8.33. The fraction of sp³-hybridized carbons (Fsp3) is 0.600. The fourth-order valence-corrected chi connectivity index (χ4v) is 5.28. The third kappa shape index (κ3) is 2.35. The molecule has 1 N–H and O–H groups in total. The Labute approximate surface area is 147 Å². The summed E-state index contributed by atoms with van der Waals surface area (Å²) < 4.78 is 1.89. The number of hydrogen-bond donors (Lipinski definition) is 1. The smallest absolute Gasteiger partial charge is 0.326 e. The summed E-state index contributed by atoms with van der Waals surface area (Å²) in [5, 5.41) is 0. The summed E-state index contributed by atoms with van der Waals surface area (Å²) in [6, 6.07) is 8.04. The van der Waals surface area contributed by atoms with Crippen LogP contribution in [0.2, 0.25) is 0 Å². The molecule has 5 heteroatoms. The number of nitrogens with zero attached hydrogens (tertiary/aromatic N) is 2. The molecule has 5 nitrogen and oxygen atoms in total. The number of likely N-dealkylation sites (tertiary alicyclic amines) is 1. The van der Waals surface area contributed by atoms with E-state index in [0.717, 1.165) is 49.8 Å². The number of aromatic amines is 1. The second kappa shape index (κ2) is 5.48. The molecule has 1 saturated heterocycles. The van der Waals surface area contributed by atoms with Gasteiger partial charge in [0.05, 0.1) is 11.0 Å². The van der Waals surface area contributed by atoms with Crippen LogP contribution in [0.25, 0.3) is 11.0 Å². The summed E-state index contributed by atoms with van der Waals surface area (Å²) in [6.07, 6.45) is 7.99. The number of fused-ring (bicyclic) bond motifs is 1. The average molecular weight is 339 g/mol. The molecule has 0 atom stereocenters. The number of nitrogens with one attached hydrogen (secondary N) is 1. The molecule has 2 saturated carbocycles. The van der Waals surface area contributed by atoms with E-state index in [1.807, 2.05) is 33.7 Å². The lowest BCUT2D eigenvalue weighted by atomic mass is 9.51. The molecule has 0 bridgehead atoms. The zero-order chi connectivity index (χ0) is 17.0. The molecule has 5 rings (SSSR count). The fourth-order valence-electron chi connectivity index (χ4n) is 5.28. The van der Waals surface area contributed by atoms with E-state index in [9.17, 15) is 9.59 Å². The number of amides is 1. The van der Waals surface area contributed by atoms with E-state index < -0.39 is 0 Å². The Morgan fingerprint density at radius 3 is 2.52 bits per heavy atom. The van der Waals surface area contributed by atoms with Crippen molar-refractivity contribution >= 4 is 16.9 Å². The van der Waals surface area contributed by atoms with E-state index in [1.165, 1.54) is 19.3 Å². The van der Waals surface area contributed by atoms with Gasteiger partial charge in [0.1, 0.15) is 0 Å². The largest absolute Gasteiger partial charge is 0.342 e. The Kier molecular flexibility index (Phi) is 3.34. The van der Waals surface area contributed by atoms with Crippen LogP contribution in [-0.2, 0) is 4.79 Å². The van der Waals surface area contributed by atoms with Crippen molar-refractivity contribution in [1.82, 2.24) is 14.5 Å². The van der Waals surface area contributed by atoms with Gasteiger partial charge >= 0.3 is 5.69 Å². The minimum atomic E-state index is -0.0307. The Bertz CT molecular complexity index is 860. The highest BCUT2D eigenvalue weighted by atomic mass is 16.2. The lowest BCUT2D eigenvalue weighted by Crippen LogP contribution is -2.51. The lowest BCUT2D eigenvalue weighted by Gasteiger charge is -2.54. The zero-order valence-electron chi connectivity index (χ0n) is 14.5. The van der Waals surface area contributed by atoms with Crippen LogP contribution in [0.4, 0.5) is 0 Å². The van der Waals surface area contributed by atoms with Crippen LogP contribution in [0.5, 0.6) is 0 Å². The van der Waals surface area contributed by atoms with Gasteiger partial charge in [-0.05, 0) is 56.1 Å². The van der Waals surface area contributed by atoms with Crippen LogP contribution < -0.4 is 5.69 Å². The van der Waals surface area contributed by atoms with Gasteiger partial charge in [-0.3, -0.25) is 9.36 Å². The molecule has 1 aromatic heterocycles. The van der Waals surface area contributed by atoms with Gasteiger partial charge in [-0.15, -0.1) is 0 Å². The maximum absolute atomic E-state index is 12.7. The standard InChI is InChI=1S/C20H25N3O2/c24-18(14-12-20(13-14)8-3-9-20)22-10-6-15(7-11-22)23-17-5-2-1-4-16(17)21-19(23)25/h1-2,4-5,14-15H,3,6-13H2,(H,21,25). The number of aromatic nitrogens is 2. The van der Waals surface area contributed by atoms with Crippen molar-refractivity contribution in [3.05, 3.63) is 34.7 Å². The van der Waals surface area contributed by atoms with Gasteiger partial charge in [0.25, 0.3) is 0 Å². The number of rotatable bonds is 2. The normalized spacial score (nSPS) is 23.6. The van der Waals surface area contributed by atoms with Crippen molar-refractivity contribution in [2.24, 2.45) is 11.3 Å². The first-order chi connectivity index (χ1) is 12.2. The van der Waals surface area contributed by atoms with Crippen molar-refractivity contribution in [3.8, 4) is 0 Å². The number of carbonyl (C=O) groups excluding carboxylic acids is 1. The van der Waals surface area contributed by atoms with Gasteiger partial charge in [-0.1, -0.05) is 18.6 Å². The van der Waals surface area contributed by atoms with Crippen molar-refractivity contribution < 1.29 is 4.79 Å². The van der Waals surface area contributed by atoms with Gasteiger partial charge in [0.15, 0.2) is 0 Å². The summed E-state index contributed by atoms with van der Waals surface area (Å²) in [6.45, 7) is 1.55. The number of piperidine rings is 1. The molecule has 2 aliphatic carbocycles. The molecule has 2 aromatic rings. The van der Waals surface area contributed by atoms with Crippen molar-refractivity contribution in [3.63, 3.8) is 0 Å². The third-order valence-electron chi connectivity index (χ3n) is 6.89. The molecule has 132 valence electrons. The van der Waals surface area contributed by atoms with Crippen molar-refractivity contribution in [2.45, 2.75) is 51.0 Å². The van der Waals surface area contributed by atoms with E-state index in [0.29, 0.717) is 11.3 Å². The number of imidazole rings is 1. The molecule has 2 heterocycles. The molecule has 0 unspecified atom stereocenters. The molecular weight excluding hydrogens is 314 g/mol. The van der Waals surface area contributed by atoms with Crippen LogP contribution in [0.3, 0.4) is 0 Å². The summed E-state index contributed by atoms with van der Waals surface area (Å²) in [4.78, 5) is 30.1. The van der Waals surface area contributed by atoms with Gasteiger partial charge in [-0.2, -0.15) is 0 Å². The van der Waals surface area contributed by atoms with Crippen LogP contribution in [0, 0.1) is 11.3 Å². The maximum atomic E-state index is 12.7. The van der Waals surface area contributed by atoms with E-state index >= 15 is 0 Å². The number of hydrogen-bond acceptors (Lipinski definition) is 2. The second-order valence-corrected chi connectivity index (χ2v) is 8.33. The molecule has 1 aliphatic heterocycles. The van der Waals surface area contributed by atoms with Crippen molar-refractivity contribution in [2.75, 3.05) is 13.1 Å². The minimum Gasteiger partial charge on any atom is -0.342 e. The number of benzene rings is 1. The predicted molar refractivity (Wildman–Crippen MR) is 96.4 cm³/mol. The first-order valence-corrected chi connectivity index (χ1v) is 9.63. The zero-order valence-corrected chi connectivity index (χ0v) is 14.5. The minimum absolute atomic E-state index is 0.0307. The first kappa shape index (κ1) is 15.2. The predicted octanol–water partition coefficient (Wildman–Crippen LogP) is 3.07. The quantitative estimate of drug-likeness (QED) is 0.914. The highest BCUT2D eigenvalue weighted by Crippen LogP contribution is 2.59. The molecule has 25 heavy (non-hydrogen) atoms. The van der Waals surface area contributed by atoms with E-state index in [1.54, 1.807) is 0 Å². The molecule has 3 fully saturated rings. The van der Waals surface area contributed by atoms with E-state index in [2.05, 4.69) is 4.98 Å². The molecule has 1 spiro atoms. The molecule has 1 aromatic carbocycles. The molecule has 1 amide bonds. The Balaban J connectivity index is 1.26. The van der Waals surface area contributed by atoms with Crippen LogP contribution in [0.15, 0.2) is 29.1 Å². The molecular formula is C20H25N3O2.